The van der Waals surface area contributed by atoms with Gasteiger partial charge in [-0.05, 0) is 24.8 Å². The van der Waals surface area contributed by atoms with Crippen LogP contribution in [0.5, 0.6) is 0 Å². The molecule has 7 heteroatoms. The molecule has 0 spiro atoms. The summed E-state index contributed by atoms with van der Waals surface area (Å²) in [6.07, 6.45) is 2.10. The first-order chi connectivity index (χ1) is 11.6. The standard InChI is InChI=1S/C17H23N3O4/c1-13-3-2-6-19(12-13)17(21)15-11-14(20(22)23)4-5-16(15)18-7-9-24-10-8-18/h4-5,11,13H,2-3,6-10,12H2,1H3/t13-/m0/s1. The van der Waals surface area contributed by atoms with E-state index in [-0.39, 0.29) is 11.6 Å². The summed E-state index contributed by atoms with van der Waals surface area (Å²) in [6.45, 7) is 6.15. The molecule has 0 saturated carbocycles. The van der Waals surface area contributed by atoms with Gasteiger partial charge in [0, 0.05) is 38.3 Å². The van der Waals surface area contributed by atoms with Gasteiger partial charge in [0.05, 0.1) is 29.4 Å². The predicted octanol–water partition coefficient (Wildman–Crippen LogP) is 2.30. The van der Waals surface area contributed by atoms with Gasteiger partial charge >= 0.3 is 0 Å². The Morgan fingerprint density at radius 1 is 1.29 bits per heavy atom. The fourth-order valence-electron chi connectivity index (χ4n) is 3.43. The molecule has 0 radical (unpaired) electrons. The molecule has 24 heavy (non-hydrogen) atoms. The number of nitrogens with zero attached hydrogens (tertiary/aromatic N) is 3. The second kappa shape index (κ2) is 7.17. The molecule has 0 unspecified atom stereocenters. The Bertz CT molecular complexity index is 628. The Balaban J connectivity index is 1.94. The highest BCUT2D eigenvalue weighted by molar-refractivity contribution is 6.00. The Morgan fingerprint density at radius 2 is 2.04 bits per heavy atom. The number of morpholine rings is 1. The van der Waals surface area contributed by atoms with Gasteiger partial charge in [0.2, 0.25) is 0 Å². The van der Waals surface area contributed by atoms with E-state index in [1.165, 1.54) is 12.1 Å². The number of non-ortho nitro benzene ring substituents is 1. The van der Waals surface area contributed by atoms with Crippen LogP contribution >= 0.6 is 0 Å². The number of nitro groups is 1. The van der Waals surface area contributed by atoms with Gasteiger partial charge in [-0.3, -0.25) is 14.9 Å². The van der Waals surface area contributed by atoms with E-state index in [4.69, 9.17) is 4.74 Å². The Hall–Kier alpha value is -2.15. The highest BCUT2D eigenvalue weighted by Gasteiger charge is 2.27. The number of carbonyl (C=O) groups is 1. The van der Waals surface area contributed by atoms with Crippen LogP contribution in [0.4, 0.5) is 11.4 Å². The number of nitro benzene ring substituents is 1. The number of likely N-dealkylation sites (tertiary alicyclic amines) is 1. The molecule has 0 bridgehead atoms. The van der Waals surface area contributed by atoms with Crippen LogP contribution in [-0.4, -0.2) is 55.1 Å². The minimum Gasteiger partial charge on any atom is -0.378 e. The van der Waals surface area contributed by atoms with Crippen molar-refractivity contribution in [3.05, 3.63) is 33.9 Å². The number of anilines is 1. The maximum atomic E-state index is 13.0. The fraction of sp³-hybridized carbons (Fsp3) is 0.588. The van der Waals surface area contributed by atoms with Gasteiger partial charge in [0.15, 0.2) is 0 Å². The van der Waals surface area contributed by atoms with E-state index in [9.17, 15) is 14.9 Å². The highest BCUT2D eigenvalue weighted by Crippen LogP contribution is 2.29. The molecule has 1 atom stereocenters. The molecule has 7 nitrogen and oxygen atoms in total. The van der Waals surface area contributed by atoms with Gasteiger partial charge in [-0.25, -0.2) is 0 Å². The number of carbonyl (C=O) groups excluding carboxylic acids is 1. The summed E-state index contributed by atoms with van der Waals surface area (Å²) in [5.41, 5.74) is 1.16. The zero-order chi connectivity index (χ0) is 17.1. The van der Waals surface area contributed by atoms with Crippen LogP contribution in [0.15, 0.2) is 18.2 Å². The monoisotopic (exact) mass is 333 g/mol. The SMILES string of the molecule is C[C@H]1CCCN(C(=O)c2cc([N+](=O)[O-])ccc2N2CCOCC2)C1. The Labute approximate surface area is 141 Å². The van der Waals surface area contributed by atoms with Crippen molar-refractivity contribution in [1.82, 2.24) is 4.90 Å². The lowest BCUT2D eigenvalue weighted by molar-refractivity contribution is -0.384. The third kappa shape index (κ3) is 3.51. The summed E-state index contributed by atoms with van der Waals surface area (Å²) in [5, 5.41) is 11.1. The molecule has 3 rings (SSSR count). The van der Waals surface area contributed by atoms with E-state index in [2.05, 4.69) is 11.8 Å². The molecule has 1 aromatic rings. The van der Waals surface area contributed by atoms with Crippen LogP contribution in [0.2, 0.25) is 0 Å². The van der Waals surface area contributed by atoms with Crippen molar-refractivity contribution in [1.29, 1.82) is 0 Å². The summed E-state index contributed by atoms with van der Waals surface area (Å²) in [7, 11) is 0. The maximum absolute atomic E-state index is 13.0. The van der Waals surface area contributed by atoms with E-state index in [1.807, 2.05) is 4.90 Å². The summed E-state index contributed by atoms with van der Waals surface area (Å²) >= 11 is 0. The summed E-state index contributed by atoms with van der Waals surface area (Å²) in [5.74, 6) is 0.361. The number of hydrogen-bond donors (Lipinski definition) is 0. The molecule has 1 aromatic carbocycles. The summed E-state index contributed by atoms with van der Waals surface area (Å²) in [6, 6.07) is 4.59. The van der Waals surface area contributed by atoms with E-state index in [0.717, 1.165) is 18.5 Å². The zero-order valence-electron chi connectivity index (χ0n) is 13.9. The molecule has 1 amide bonds. The molecule has 2 saturated heterocycles. The second-order valence-corrected chi connectivity index (χ2v) is 6.56. The summed E-state index contributed by atoms with van der Waals surface area (Å²) < 4.78 is 5.37. The molecule has 2 aliphatic rings. The summed E-state index contributed by atoms with van der Waals surface area (Å²) in [4.78, 5) is 27.6. The van der Waals surface area contributed by atoms with Crippen LogP contribution < -0.4 is 4.90 Å². The minimum absolute atomic E-state index is 0.0413. The van der Waals surface area contributed by atoms with Gasteiger partial charge in [-0.15, -0.1) is 0 Å². The first-order valence-electron chi connectivity index (χ1n) is 8.46. The van der Waals surface area contributed by atoms with Gasteiger partial charge in [-0.1, -0.05) is 6.92 Å². The fourth-order valence-corrected chi connectivity index (χ4v) is 3.43. The molecular formula is C17H23N3O4. The topological polar surface area (TPSA) is 75.9 Å². The first kappa shape index (κ1) is 16.7. The number of benzene rings is 1. The molecule has 130 valence electrons. The second-order valence-electron chi connectivity index (χ2n) is 6.56. The number of rotatable bonds is 3. The average molecular weight is 333 g/mol. The van der Waals surface area contributed by atoms with Crippen molar-refractivity contribution >= 4 is 17.3 Å². The van der Waals surface area contributed by atoms with Crippen LogP contribution in [0, 0.1) is 16.0 Å². The molecule has 0 aromatic heterocycles. The lowest BCUT2D eigenvalue weighted by Gasteiger charge is -2.34. The van der Waals surface area contributed by atoms with Crippen molar-refractivity contribution in [2.45, 2.75) is 19.8 Å². The lowest BCUT2D eigenvalue weighted by Crippen LogP contribution is -2.41. The molecule has 2 aliphatic heterocycles. The van der Waals surface area contributed by atoms with Gasteiger partial charge in [0.1, 0.15) is 0 Å². The van der Waals surface area contributed by atoms with Crippen molar-refractivity contribution < 1.29 is 14.5 Å². The number of amides is 1. The largest absolute Gasteiger partial charge is 0.378 e. The van der Waals surface area contributed by atoms with Crippen LogP contribution in [0.3, 0.4) is 0 Å². The smallest absolute Gasteiger partial charge is 0.270 e. The van der Waals surface area contributed by atoms with Gasteiger partial charge < -0.3 is 14.5 Å². The first-order valence-corrected chi connectivity index (χ1v) is 8.46. The van der Waals surface area contributed by atoms with E-state index >= 15 is 0 Å². The zero-order valence-corrected chi connectivity index (χ0v) is 13.9. The molecule has 2 fully saturated rings. The normalized spacial score (nSPS) is 21.6. The quantitative estimate of drug-likeness (QED) is 0.627. The highest BCUT2D eigenvalue weighted by atomic mass is 16.6. The van der Waals surface area contributed by atoms with E-state index in [1.54, 1.807) is 6.07 Å². The van der Waals surface area contributed by atoms with E-state index < -0.39 is 4.92 Å². The van der Waals surface area contributed by atoms with Crippen molar-refractivity contribution in [3.8, 4) is 0 Å². The van der Waals surface area contributed by atoms with Crippen LogP contribution in [0.1, 0.15) is 30.1 Å². The van der Waals surface area contributed by atoms with Crippen molar-refractivity contribution in [2.24, 2.45) is 5.92 Å². The van der Waals surface area contributed by atoms with Crippen molar-refractivity contribution in [3.63, 3.8) is 0 Å². The van der Waals surface area contributed by atoms with E-state index in [0.29, 0.717) is 50.9 Å². The lowest BCUT2D eigenvalue weighted by atomic mass is 9.99. The number of ether oxygens (including phenoxy) is 1. The molecular weight excluding hydrogens is 310 g/mol. The maximum Gasteiger partial charge on any atom is 0.270 e. The Kier molecular flexibility index (Phi) is 4.99. The third-order valence-electron chi connectivity index (χ3n) is 4.72. The molecule has 0 N–H and O–H groups in total. The Morgan fingerprint density at radius 3 is 2.71 bits per heavy atom. The van der Waals surface area contributed by atoms with Gasteiger partial charge in [-0.2, -0.15) is 0 Å². The molecule has 2 heterocycles. The average Bonchev–Trinajstić information content (AvgIpc) is 2.61. The third-order valence-corrected chi connectivity index (χ3v) is 4.72. The van der Waals surface area contributed by atoms with Crippen LogP contribution in [-0.2, 0) is 4.74 Å². The van der Waals surface area contributed by atoms with Crippen LogP contribution in [0.25, 0.3) is 0 Å². The minimum atomic E-state index is -0.446. The van der Waals surface area contributed by atoms with Crippen molar-refractivity contribution in [2.75, 3.05) is 44.3 Å². The predicted molar refractivity (Wildman–Crippen MR) is 90.4 cm³/mol. The van der Waals surface area contributed by atoms with Gasteiger partial charge in [0.25, 0.3) is 11.6 Å². The molecule has 0 aliphatic carbocycles. The number of piperidine rings is 1. The number of hydrogen-bond acceptors (Lipinski definition) is 5.